The van der Waals surface area contributed by atoms with Gasteiger partial charge in [-0.15, -0.1) is 0 Å². The molecule has 0 saturated carbocycles. The fourth-order valence-electron chi connectivity index (χ4n) is 1.43. The molecule has 0 aliphatic heterocycles. The van der Waals surface area contributed by atoms with Crippen molar-refractivity contribution in [3.8, 4) is 5.75 Å². The molecular formula is C12H12F3N3O2S. The molecule has 1 amide bonds. The van der Waals surface area contributed by atoms with Crippen LogP contribution in [-0.4, -0.2) is 29.7 Å². The topological polar surface area (TPSA) is 77.2 Å². The predicted molar refractivity (Wildman–Crippen MR) is 73.4 cm³/mol. The lowest BCUT2D eigenvalue weighted by Gasteiger charge is -2.08. The number of carbonyl (C=O) groups is 1. The van der Waals surface area contributed by atoms with E-state index < -0.39 is 18.8 Å². The molecule has 2 rings (SSSR count). The molecule has 1 aromatic carbocycles. The van der Waals surface area contributed by atoms with E-state index in [1.165, 1.54) is 25.1 Å². The number of carbonyl (C=O) groups excluding carboxylic acids is 1. The first-order valence-corrected chi connectivity index (χ1v) is 6.73. The summed E-state index contributed by atoms with van der Waals surface area (Å²) < 4.78 is 41.5. The second-order valence-corrected chi connectivity index (χ2v) is 5.36. The van der Waals surface area contributed by atoms with Crippen molar-refractivity contribution in [2.75, 3.05) is 11.9 Å². The smallest absolute Gasteiger partial charge is 0.422 e. The van der Waals surface area contributed by atoms with Crippen LogP contribution in [-0.2, 0) is 4.79 Å². The van der Waals surface area contributed by atoms with Gasteiger partial charge in [0.25, 0.3) is 0 Å². The Bertz CT molecular complexity index is 655. The van der Waals surface area contributed by atoms with Crippen molar-refractivity contribution >= 4 is 32.6 Å². The van der Waals surface area contributed by atoms with Crippen LogP contribution < -0.4 is 15.8 Å². The first-order chi connectivity index (χ1) is 9.74. The largest absolute Gasteiger partial charge is 0.484 e. The van der Waals surface area contributed by atoms with E-state index in [-0.39, 0.29) is 11.7 Å². The minimum atomic E-state index is -4.39. The first kappa shape index (κ1) is 15.5. The van der Waals surface area contributed by atoms with Crippen LogP contribution in [0.1, 0.15) is 6.92 Å². The summed E-state index contributed by atoms with van der Waals surface area (Å²) in [7, 11) is 0. The highest BCUT2D eigenvalue weighted by Crippen LogP contribution is 2.30. The van der Waals surface area contributed by atoms with Gasteiger partial charge in [0.1, 0.15) is 5.75 Å². The third kappa shape index (κ3) is 4.30. The summed E-state index contributed by atoms with van der Waals surface area (Å²) in [6.45, 7) is 0.178. The summed E-state index contributed by atoms with van der Waals surface area (Å²) in [5, 5.41) is 2.86. The minimum Gasteiger partial charge on any atom is -0.484 e. The normalized spacial score (nSPS) is 13.2. The molecule has 0 fully saturated rings. The number of nitrogens with two attached hydrogens (primary N) is 1. The van der Waals surface area contributed by atoms with Gasteiger partial charge in [-0.2, -0.15) is 13.2 Å². The Balaban J connectivity index is 2.14. The predicted octanol–water partition coefficient (Wildman–Crippen LogP) is 2.52. The molecule has 1 atom stereocenters. The Morgan fingerprint density at radius 1 is 1.52 bits per heavy atom. The number of benzene rings is 1. The molecule has 0 aliphatic rings. The van der Waals surface area contributed by atoms with Gasteiger partial charge in [-0.1, -0.05) is 11.3 Å². The zero-order chi connectivity index (χ0) is 15.6. The van der Waals surface area contributed by atoms with Gasteiger partial charge in [-0.05, 0) is 25.1 Å². The Kier molecular flexibility index (Phi) is 4.33. The second kappa shape index (κ2) is 5.86. The maximum atomic E-state index is 12.1. The number of fused-ring (bicyclic) bond motifs is 1. The number of alkyl halides is 3. The Morgan fingerprint density at radius 3 is 2.86 bits per heavy atom. The van der Waals surface area contributed by atoms with E-state index in [9.17, 15) is 18.0 Å². The Labute approximate surface area is 121 Å². The summed E-state index contributed by atoms with van der Waals surface area (Å²) in [5.41, 5.74) is 5.98. The number of anilines is 1. The fraction of sp³-hybridized carbons (Fsp3) is 0.333. The summed E-state index contributed by atoms with van der Waals surface area (Å²) >= 11 is 1.13. The molecule has 114 valence electrons. The van der Waals surface area contributed by atoms with Crippen molar-refractivity contribution in [3.63, 3.8) is 0 Å². The van der Waals surface area contributed by atoms with Crippen molar-refractivity contribution in [3.05, 3.63) is 18.2 Å². The lowest BCUT2D eigenvalue weighted by molar-refractivity contribution is -0.153. The molecule has 21 heavy (non-hydrogen) atoms. The number of rotatable bonds is 4. The number of thiazole rings is 1. The molecule has 3 N–H and O–H groups in total. The van der Waals surface area contributed by atoms with E-state index >= 15 is 0 Å². The quantitative estimate of drug-likeness (QED) is 0.908. The molecule has 0 radical (unpaired) electrons. The van der Waals surface area contributed by atoms with Crippen molar-refractivity contribution in [2.24, 2.45) is 5.73 Å². The number of aromatic nitrogens is 1. The molecule has 0 bridgehead atoms. The average Bonchev–Trinajstić information content (AvgIpc) is 2.76. The standard InChI is InChI=1S/C12H12F3N3O2S/c1-6(16)10(19)18-11-17-8-3-2-7(4-9(8)21-11)20-5-12(13,14)15/h2-4,6H,5,16H2,1H3,(H,17,18,19)/t6-/m1/s1. The summed E-state index contributed by atoms with van der Waals surface area (Å²) in [5.74, 6) is -0.295. The fourth-order valence-corrected chi connectivity index (χ4v) is 2.33. The number of nitrogens with one attached hydrogen (secondary N) is 1. The highest BCUT2D eigenvalue weighted by atomic mass is 32.1. The van der Waals surface area contributed by atoms with Crippen LogP contribution in [0.2, 0.25) is 0 Å². The number of hydrogen-bond acceptors (Lipinski definition) is 5. The molecule has 0 unspecified atom stereocenters. The average molecular weight is 319 g/mol. The molecular weight excluding hydrogens is 307 g/mol. The Hall–Kier alpha value is -1.87. The molecule has 2 aromatic rings. The van der Waals surface area contributed by atoms with Gasteiger partial charge < -0.3 is 15.8 Å². The van der Waals surface area contributed by atoms with Crippen LogP contribution in [0.3, 0.4) is 0 Å². The van der Waals surface area contributed by atoms with Gasteiger partial charge in [0.15, 0.2) is 11.7 Å². The number of hydrogen-bond donors (Lipinski definition) is 2. The van der Waals surface area contributed by atoms with E-state index in [1.807, 2.05) is 0 Å². The van der Waals surface area contributed by atoms with Gasteiger partial charge >= 0.3 is 6.18 Å². The molecule has 0 saturated heterocycles. The summed E-state index contributed by atoms with van der Waals surface area (Å²) in [6, 6.07) is 3.69. The van der Waals surface area contributed by atoms with E-state index in [2.05, 4.69) is 15.0 Å². The first-order valence-electron chi connectivity index (χ1n) is 5.91. The molecule has 0 spiro atoms. The third-order valence-corrected chi connectivity index (χ3v) is 3.34. The second-order valence-electron chi connectivity index (χ2n) is 4.33. The van der Waals surface area contributed by atoms with Gasteiger partial charge in [0.05, 0.1) is 16.3 Å². The van der Waals surface area contributed by atoms with Crippen molar-refractivity contribution in [1.29, 1.82) is 0 Å². The van der Waals surface area contributed by atoms with Gasteiger partial charge in [0.2, 0.25) is 5.91 Å². The van der Waals surface area contributed by atoms with Crippen molar-refractivity contribution in [2.45, 2.75) is 19.1 Å². The monoisotopic (exact) mass is 319 g/mol. The van der Waals surface area contributed by atoms with Crippen molar-refractivity contribution < 1.29 is 22.7 Å². The highest BCUT2D eigenvalue weighted by molar-refractivity contribution is 7.22. The van der Waals surface area contributed by atoms with Crippen LogP contribution in [0.5, 0.6) is 5.75 Å². The molecule has 5 nitrogen and oxygen atoms in total. The number of ether oxygens (including phenoxy) is 1. The van der Waals surface area contributed by atoms with Crippen LogP contribution in [0, 0.1) is 0 Å². The van der Waals surface area contributed by atoms with Crippen LogP contribution in [0.4, 0.5) is 18.3 Å². The maximum absolute atomic E-state index is 12.1. The molecule has 0 aliphatic carbocycles. The summed E-state index contributed by atoms with van der Waals surface area (Å²) in [4.78, 5) is 15.6. The summed E-state index contributed by atoms with van der Waals surface area (Å²) in [6.07, 6.45) is -4.39. The minimum absolute atomic E-state index is 0.0912. The maximum Gasteiger partial charge on any atom is 0.422 e. The molecule has 9 heteroatoms. The third-order valence-electron chi connectivity index (χ3n) is 2.41. The molecule has 1 aromatic heterocycles. The number of halogens is 3. The van der Waals surface area contributed by atoms with Gasteiger partial charge in [-0.25, -0.2) is 4.98 Å². The zero-order valence-electron chi connectivity index (χ0n) is 10.9. The molecule has 1 heterocycles. The van der Waals surface area contributed by atoms with E-state index in [4.69, 9.17) is 5.73 Å². The van der Waals surface area contributed by atoms with Crippen LogP contribution >= 0.6 is 11.3 Å². The number of amides is 1. The van der Waals surface area contributed by atoms with Gasteiger partial charge in [-0.3, -0.25) is 4.79 Å². The highest BCUT2D eigenvalue weighted by Gasteiger charge is 2.28. The lowest BCUT2D eigenvalue weighted by Crippen LogP contribution is -2.32. The zero-order valence-corrected chi connectivity index (χ0v) is 11.7. The van der Waals surface area contributed by atoms with Crippen LogP contribution in [0.15, 0.2) is 18.2 Å². The van der Waals surface area contributed by atoms with Gasteiger partial charge in [0, 0.05) is 0 Å². The van der Waals surface area contributed by atoms with E-state index in [0.29, 0.717) is 15.3 Å². The SMILES string of the molecule is C[C@@H](N)C(=O)Nc1nc2ccc(OCC(F)(F)F)cc2s1. The van der Waals surface area contributed by atoms with Crippen molar-refractivity contribution in [1.82, 2.24) is 4.98 Å². The lowest BCUT2D eigenvalue weighted by atomic mass is 10.3. The van der Waals surface area contributed by atoms with Crippen LogP contribution in [0.25, 0.3) is 10.2 Å². The van der Waals surface area contributed by atoms with E-state index in [1.54, 1.807) is 0 Å². The number of nitrogens with zero attached hydrogens (tertiary/aromatic N) is 1. The Morgan fingerprint density at radius 2 is 2.24 bits per heavy atom. The van der Waals surface area contributed by atoms with E-state index in [0.717, 1.165) is 11.3 Å².